The number of anilines is 1. The molecule has 5 aromatic rings. The largest absolute Gasteiger partial charge is 0.487 e. The fourth-order valence-corrected chi connectivity index (χ4v) is 3.70. The van der Waals surface area contributed by atoms with E-state index in [1.54, 1.807) is 6.08 Å². The summed E-state index contributed by atoms with van der Waals surface area (Å²) in [6.07, 6.45) is 7.16. The van der Waals surface area contributed by atoms with E-state index in [0.29, 0.717) is 18.0 Å². The van der Waals surface area contributed by atoms with Crippen LogP contribution >= 0.6 is 0 Å². The van der Waals surface area contributed by atoms with Crippen LogP contribution in [0.5, 0.6) is 17.2 Å². The van der Waals surface area contributed by atoms with Gasteiger partial charge >= 0.3 is 0 Å². The lowest BCUT2D eigenvalue weighted by Crippen LogP contribution is -2.08. The van der Waals surface area contributed by atoms with Gasteiger partial charge in [0.15, 0.2) is 5.75 Å². The Kier molecular flexibility index (Phi) is 6.76. The lowest BCUT2D eigenvalue weighted by Gasteiger charge is -2.11. The number of para-hydroxylation sites is 2. The van der Waals surface area contributed by atoms with Crippen LogP contribution in [0.15, 0.2) is 109 Å². The highest BCUT2D eigenvalue weighted by Crippen LogP contribution is 2.29. The highest BCUT2D eigenvalue weighted by molar-refractivity contribution is 6.02. The summed E-state index contributed by atoms with van der Waals surface area (Å²) in [7, 11) is 0. The third-order valence-electron chi connectivity index (χ3n) is 5.47. The Hall–Kier alpha value is -4.84. The Morgan fingerprint density at radius 3 is 2.61 bits per heavy atom. The van der Waals surface area contributed by atoms with E-state index >= 15 is 0 Å². The first-order chi connectivity index (χ1) is 17.6. The number of aryl methyl sites for hydroxylation is 1. The number of fused-ring (bicyclic) bond motifs is 1. The van der Waals surface area contributed by atoms with Gasteiger partial charge in [0.05, 0.1) is 11.4 Å². The summed E-state index contributed by atoms with van der Waals surface area (Å²) in [5.74, 6) is 1.78. The number of amides is 1. The summed E-state index contributed by atoms with van der Waals surface area (Å²) in [5.41, 5.74) is 4.33. The summed E-state index contributed by atoms with van der Waals surface area (Å²) in [4.78, 5) is 17.1. The van der Waals surface area contributed by atoms with Crippen LogP contribution in [-0.4, -0.2) is 15.3 Å². The maximum Gasteiger partial charge on any atom is 0.248 e. The second-order valence-electron chi connectivity index (χ2n) is 8.29. The summed E-state index contributed by atoms with van der Waals surface area (Å²) in [6.45, 7) is 2.38. The molecule has 1 amide bonds. The van der Waals surface area contributed by atoms with Gasteiger partial charge < -0.3 is 19.2 Å². The normalized spacial score (nSPS) is 11.0. The van der Waals surface area contributed by atoms with Crippen molar-refractivity contribution >= 4 is 23.3 Å². The molecule has 5 rings (SSSR count). The summed E-state index contributed by atoms with van der Waals surface area (Å²) in [5, 5.41) is 2.89. The van der Waals surface area contributed by atoms with Gasteiger partial charge in [-0.3, -0.25) is 4.79 Å². The second-order valence-corrected chi connectivity index (χ2v) is 8.29. The zero-order valence-electron chi connectivity index (χ0n) is 19.8. The molecule has 0 saturated carbocycles. The quantitative estimate of drug-likeness (QED) is 0.255. The van der Waals surface area contributed by atoms with E-state index in [4.69, 9.17) is 9.47 Å². The number of hydrogen-bond donors (Lipinski definition) is 1. The molecule has 0 aliphatic carbocycles. The molecule has 2 aromatic heterocycles. The number of carbonyl (C=O) groups excluding carboxylic acids is 1. The zero-order chi connectivity index (χ0) is 24.7. The van der Waals surface area contributed by atoms with Gasteiger partial charge in [0, 0.05) is 18.5 Å². The number of ether oxygens (including phenoxy) is 2. The number of rotatable bonds is 8. The predicted molar refractivity (Wildman–Crippen MR) is 141 cm³/mol. The average molecular weight is 476 g/mol. The minimum Gasteiger partial charge on any atom is -0.487 e. The van der Waals surface area contributed by atoms with Crippen LogP contribution in [0.3, 0.4) is 0 Å². The monoisotopic (exact) mass is 475 g/mol. The number of hydrogen-bond acceptors (Lipinski definition) is 4. The van der Waals surface area contributed by atoms with Crippen molar-refractivity contribution < 1.29 is 14.3 Å². The minimum absolute atomic E-state index is 0.248. The third kappa shape index (κ3) is 5.80. The first-order valence-corrected chi connectivity index (χ1v) is 11.6. The summed E-state index contributed by atoms with van der Waals surface area (Å²) < 4.78 is 13.8. The summed E-state index contributed by atoms with van der Waals surface area (Å²) in [6, 6.07) is 28.6. The number of nitrogens with zero attached hydrogens (tertiary/aromatic N) is 2. The van der Waals surface area contributed by atoms with Crippen molar-refractivity contribution in [2.45, 2.75) is 13.5 Å². The third-order valence-corrected chi connectivity index (χ3v) is 5.47. The Labute approximate surface area is 209 Å². The van der Waals surface area contributed by atoms with Crippen molar-refractivity contribution in [3.63, 3.8) is 0 Å². The number of nitrogens with one attached hydrogen (secondary N) is 1. The van der Waals surface area contributed by atoms with Crippen molar-refractivity contribution in [3.8, 4) is 17.2 Å². The van der Waals surface area contributed by atoms with Gasteiger partial charge in [-0.05, 0) is 72.7 Å². The molecule has 0 saturated heterocycles. The molecule has 0 aliphatic heterocycles. The van der Waals surface area contributed by atoms with Crippen LogP contribution in [0.1, 0.15) is 16.8 Å². The standard InChI is InChI=1S/C30H25N3O3/c1-22-7-6-8-26(19-22)36-28-10-3-2-9-27(28)32-30(34)17-14-23-12-15-25(16-13-23)35-21-24-20-33-18-5-4-11-29(33)31-24/h2-20H,21H2,1H3,(H,32,34)/b17-14+. The van der Waals surface area contributed by atoms with E-state index in [9.17, 15) is 4.79 Å². The maximum atomic E-state index is 12.6. The van der Waals surface area contributed by atoms with Crippen molar-refractivity contribution in [2.75, 3.05) is 5.32 Å². The highest BCUT2D eigenvalue weighted by atomic mass is 16.5. The second kappa shape index (κ2) is 10.6. The first kappa shape index (κ1) is 22.9. The van der Waals surface area contributed by atoms with E-state index in [1.165, 1.54) is 6.08 Å². The molecule has 0 radical (unpaired) electrons. The van der Waals surface area contributed by atoms with Gasteiger partial charge in [-0.2, -0.15) is 0 Å². The lowest BCUT2D eigenvalue weighted by atomic mass is 10.2. The van der Waals surface area contributed by atoms with E-state index in [-0.39, 0.29) is 5.91 Å². The molecule has 0 unspecified atom stereocenters. The molecule has 6 heteroatoms. The van der Waals surface area contributed by atoms with Gasteiger partial charge in [0.1, 0.15) is 23.8 Å². The molecule has 2 heterocycles. The van der Waals surface area contributed by atoms with Gasteiger partial charge in [-0.15, -0.1) is 0 Å². The van der Waals surface area contributed by atoms with E-state index in [1.807, 2.05) is 115 Å². The number of aromatic nitrogens is 2. The number of imidazole rings is 1. The molecule has 0 fully saturated rings. The topological polar surface area (TPSA) is 64.9 Å². The van der Waals surface area contributed by atoms with Crippen LogP contribution < -0.4 is 14.8 Å². The number of carbonyl (C=O) groups is 1. The van der Waals surface area contributed by atoms with Gasteiger partial charge in [-0.25, -0.2) is 4.98 Å². The predicted octanol–water partition coefficient (Wildman–Crippen LogP) is 6.67. The van der Waals surface area contributed by atoms with Crippen LogP contribution in [0, 0.1) is 6.92 Å². The average Bonchev–Trinajstić information content (AvgIpc) is 3.31. The molecule has 6 nitrogen and oxygen atoms in total. The Bertz CT molecular complexity index is 1490. The SMILES string of the molecule is Cc1cccc(Oc2ccccc2NC(=O)/C=C/c2ccc(OCc3cn4ccccc4n3)cc2)c1. The number of pyridine rings is 1. The van der Waals surface area contributed by atoms with E-state index in [2.05, 4.69) is 10.3 Å². The van der Waals surface area contributed by atoms with E-state index < -0.39 is 0 Å². The van der Waals surface area contributed by atoms with Crippen molar-refractivity contribution in [1.29, 1.82) is 0 Å². The van der Waals surface area contributed by atoms with Crippen molar-refractivity contribution in [2.24, 2.45) is 0 Å². The zero-order valence-corrected chi connectivity index (χ0v) is 19.8. The Balaban J connectivity index is 1.17. The maximum absolute atomic E-state index is 12.6. The van der Waals surface area contributed by atoms with Gasteiger partial charge in [0.25, 0.3) is 0 Å². The fraction of sp³-hybridized carbons (Fsp3) is 0.0667. The molecule has 0 spiro atoms. The number of benzene rings is 3. The lowest BCUT2D eigenvalue weighted by molar-refractivity contribution is -0.111. The molecule has 0 bridgehead atoms. The molecule has 3 aromatic carbocycles. The molecule has 36 heavy (non-hydrogen) atoms. The molecule has 1 N–H and O–H groups in total. The Morgan fingerprint density at radius 2 is 1.78 bits per heavy atom. The summed E-state index contributed by atoms with van der Waals surface area (Å²) >= 11 is 0. The molecule has 0 atom stereocenters. The first-order valence-electron chi connectivity index (χ1n) is 11.6. The van der Waals surface area contributed by atoms with Crippen LogP contribution in [0.4, 0.5) is 5.69 Å². The highest BCUT2D eigenvalue weighted by Gasteiger charge is 2.07. The van der Waals surface area contributed by atoms with Gasteiger partial charge in [0.2, 0.25) is 5.91 Å². The fourth-order valence-electron chi connectivity index (χ4n) is 3.70. The molecular formula is C30H25N3O3. The minimum atomic E-state index is -0.248. The molecule has 0 aliphatic rings. The Morgan fingerprint density at radius 1 is 0.944 bits per heavy atom. The van der Waals surface area contributed by atoms with Crippen LogP contribution in [0.2, 0.25) is 0 Å². The van der Waals surface area contributed by atoms with Crippen LogP contribution in [0.25, 0.3) is 11.7 Å². The molecular weight excluding hydrogens is 450 g/mol. The van der Waals surface area contributed by atoms with Gasteiger partial charge in [-0.1, -0.05) is 42.5 Å². The smallest absolute Gasteiger partial charge is 0.248 e. The van der Waals surface area contributed by atoms with Crippen molar-refractivity contribution in [1.82, 2.24) is 9.38 Å². The van der Waals surface area contributed by atoms with E-state index in [0.717, 1.165) is 34.0 Å². The molecule has 178 valence electrons. The van der Waals surface area contributed by atoms with Crippen LogP contribution in [-0.2, 0) is 11.4 Å². The van der Waals surface area contributed by atoms with Crippen molar-refractivity contribution in [3.05, 3.63) is 126 Å².